The Bertz CT molecular complexity index is 4790. The van der Waals surface area contributed by atoms with Crippen molar-refractivity contribution in [3.8, 4) is 33.4 Å². The van der Waals surface area contributed by atoms with E-state index >= 15 is 0 Å². The Labute approximate surface area is 514 Å². The summed E-state index contributed by atoms with van der Waals surface area (Å²) in [7, 11) is 0. The smallest absolute Gasteiger partial charge is 0.0540 e. The summed E-state index contributed by atoms with van der Waals surface area (Å²) in [4.78, 5) is 4.94. The zero-order chi connectivity index (χ0) is 59.6. The van der Waals surface area contributed by atoms with E-state index < -0.39 is 0 Å². The minimum atomic E-state index is -0.215. The van der Waals surface area contributed by atoms with Gasteiger partial charge in [0.2, 0.25) is 0 Å². The van der Waals surface area contributed by atoms with Crippen molar-refractivity contribution in [1.29, 1.82) is 0 Å². The van der Waals surface area contributed by atoms with Crippen LogP contribution in [0.2, 0.25) is 0 Å². The predicted molar refractivity (Wildman–Crippen MR) is 373 cm³/mol. The molecule has 0 aromatic heterocycles. The summed E-state index contributed by atoms with van der Waals surface area (Å²) >= 11 is 0. The van der Waals surface area contributed by atoms with Gasteiger partial charge in [-0.3, -0.25) is 0 Å². The van der Waals surface area contributed by atoms with Gasteiger partial charge in [0.25, 0.3) is 0 Å². The Balaban J connectivity index is 0.672. The second-order valence-corrected chi connectivity index (χ2v) is 27.0. The molecule has 0 amide bonds. The Morgan fingerprint density at radius 1 is 0.276 bits per heavy atom. The number of hydrogen-bond donors (Lipinski definition) is 0. The SMILES string of the molecule is CC(C)(C)c1ccc(N(c2ccc3c(c2)C(C)(C)c2cc(C=Cc4ccc(C=Cc5ccc6c(c5)C(C)(C)c5cc(N(c7ccc8c(c7)C(C)(C)c7ccccc7-8)c7cccc8ccccc78)ccc5-6)cc4)ccc2-3)c2cccc3ccccc23)cc1. The lowest BCUT2D eigenvalue weighted by atomic mass is 9.81. The van der Waals surface area contributed by atoms with Crippen LogP contribution in [0.1, 0.15) is 124 Å². The van der Waals surface area contributed by atoms with Gasteiger partial charge in [0, 0.05) is 49.8 Å². The molecule has 3 aliphatic carbocycles. The van der Waals surface area contributed by atoms with Gasteiger partial charge in [-0.25, -0.2) is 0 Å². The molecule has 15 rings (SSSR count). The average Bonchev–Trinajstić information content (AvgIpc) is 1.67. The van der Waals surface area contributed by atoms with Crippen molar-refractivity contribution >= 4 is 80.0 Å². The van der Waals surface area contributed by atoms with E-state index in [1.54, 1.807) is 0 Å². The summed E-state index contributed by atoms with van der Waals surface area (Å²) in [6, 6.07) is 93.3. The van der Waals surface area contributed by atoms with Gasteiger partial charge in [-0.05, 0) is 171 Å². The summed E-state index contributed by atoms with van der Waals surface area (Å²) in [6.07, 6.45) is 9.02. The van der Waals surface area contributed by atoms with Crippen LogP contribution in [-0.2, 0) is 21.7 Å². The molecule has 0 heterocycles. The average molecular weight is 1120 g/mol. The molecular weight excluding hydrogens is 1050 g/mol. The zero-order valence-corrected chi connectivity index (χ0v) is 51.4. The summed E-state index contributed by atoms with van der Waals surface area (Å²) < 4.78 is 0. The first-order valence-corrected chi connectivity index (χ1v) is 31.0. The molecule has 0 atom stereocenters. The molecule has 2 nitrogen and oxygen atoms in total. The number of anilines is 6. The van der Waals surface area contributed by atoms with Crippen molar-refractivity contribution in [2.45, 2.75) is 84.0 Å². The fourth-order valence-corrected chi connectivity index (χ4v) is 14.7. The highest BCUT2D eigenvalue weighted by Crippen LogP contribution is 2.55. The summed E-state index contributed by atoms with van der Waals surface area (Å²) in [5.41, 5.74) is 28.7. The van der Waals surface area contributed by atoms with Crippen LogP contribution in [0.15, 0.2) is 249 Å². The van der Waals surface area contributed by atoms with Gasteiger partial charge in [0.1, 0.15) is 0 Å². The fourth-order valence-electron chi connectivity index (χ4n) is 14.7. The van der Waals surface area contributed by atoms with E-state index in [2.05, 4.69) is 345 Å². The lowest BCUT2D eigenvalue weighted by Crippen LogP contribution is -2.18. The molecule has 12 aromatic rings. The molecule has 12 aromatic carbocycles. The molecule has 0 spiro atoms. The van der Waals surface area contributed by atoms with E-state index in [0.29, 0.717) is 0 Å². The second-order valence-electron chi connectivity index (χ2n) is 27.0. The topological polar surface area (TPSA) is 6.48 Å². The first-order chi connectivity index (χ1) is 42.0. The van der Waals surface area contributed by atoms with E-state index in [1.807, 2.05) is 0 Å². The van der Waals surface area contributed by atoms with Gasteiger partial charge in [0.05, 0.1) is 11.4 Å². The number of fused-ring (bicyclic) bond motifs is 11. The Morgan fingerprint density at radius 3 is 1.05 bits per heavy atom. The van der Waals surface area contributed by atoms with Crippen molar-refractivity contribution in [1.82, 2.24) is 0 Å². The number of hydrogen-bond acceptors (Lipinski definition) is 2. The third kappa shape index (κ3) is 8.99. The summed E-state index contributed by atoms with van der Waals surface area (Å²) in [6.45, 7) is 21.1. The molecule has 0 bridgehead atoms. The summed E-state index contributed by atoms with van der Waals surface area (Å²) in [5.74, 6) is 0. The first-order valence-electron chi connectivity index (χ1n) is 31.0. The largest absolute Gasteiger partial charge is 0.310 e. The molecule has 0 saturated carbocycles. The second kappa shape index (κ2) is 20.2. The monoisotopic (exact) mass is 1120 g/mol. The Hall–Kier alpha value is -9.76. The third-order valence-electron chi connectivity index (χ3n) is 19.6. The van der Waals surface area contributed by atoms with Gasteiger partial charge < -0.3 is 9.80 Å². The predicted octanol–water partition coefficient (Wildman–Crippen LogP) is 23.5. The van der Waals surface area contributed by atoms with E-state index in [0.717, 1.165) is 17.1 Å². The van der Waals surface area contributed by atoms with Crippen molar-refractivity contribution in [3.05, 3.63) is 310 Å². The molecule has 0 saturated heterocycles. The minimum Gasteiger partial charge on any atom is -0.310 e. The lowest BCUT2D eigenvalue weighted by molar-refractivity contribution is 0.590. The molecule has 0 radical (unpaired) electrons. The molecule has 0 unspecified atom stereocenters. The Kier molecular flexibility index (Phi) is 12.5. The standard InChI is InChI=1S/C85H72N2/c1-82(2,3)61-38-40-62(41-39-61)86(80-26-16-20-59-18-10-12-22-66(59)80)63-42-48-72-69-45-36-57(50-75(69)84(6,7)78(72)52-63)34-32-55-28-30-56(31-29-55)33-35-58-37-46-70-73-49-44-65(54-79(73)85(8,9)76(70)51-58)87(81-27-17-21-60-19-11-13-23-67(60)81)64-43-47-71-68-24-14-15-25-74(68)83(4,5)77(71)53-64/h10-54H,1-9H3. The van der Waals surface area contributed by atoms with Crippen LogP contribution in [0, 0.1) is 0 Å². The highest BCUT2D eigenvalue weighted by molar-refractivity contribution is 6.02. The van der Waals surface area contributed by atoms with Crippen LogP contribution in [-0.4, -0.2) is 0 Å². The van der Waals surface area contributed by atoms with Gasteiger partial charge in [-0.2, -0.15) is 0 Å². The number of benzene rings is 12. The van der Waals surface area contributed by atoms with Crippen LogP contribution in [0.25, 0.3) is 79.2 Å². The van der Waals surface area contributed by atoms with Crippen LogP contribution in [0.5, 0.6) is 0 Å². The van der Waals surface area contributed by atoms with Crippen molar-refractivity contribution in [2.24, 2.45) is 0 Å². The molecule has 3 aliphatic rings. The van der Waals surface area contributed by atoms with Crippen LogP contribution in [0.4, 0.5) is 34.1 Å². The summed E-state index contributed by atoms with van der Waals surface area (Å²) in [5, 5.41) is 4.92. The van der Waals surface area contributed by atoms with Crippen molar-refractivity contribution in [3.63, 3.8) is 0 Å². The maximum atomic E-state index is 2.49. The molecule has 2 heteroatoms. The van der Waals surface area contributed by atoms with E-state index in [4.69, 9.17) is 0 Å². The maximum Gasteiger partial charge on any atom is 0.0540 e. The third-order valence-corrected chi connectivity index (χ3v) is 19.6. The van der Waals surface area contributed by atoms with Crippen LogP contribution < -0.4 is 9.80 Å². The first kappa shape index (κ1) is 53.9. The molecule has 87 heavy (non-hydrogen) atoms. The van der Waals surface area contributed by atoms with Gasteiger partial charge >= 0.3 is 0 Å². The highest BCUT2D eigenvalue weighted by atomic mass is 15.1. The van der Waals surface area contributed by atoms with E-state index in [9.17, 15) is 0 Å². The van der Waals surface area contributed by atoms with Crippen LogP contribution >= 0.6 is 0 Å². The van der Waals surface area contributed by atoms with E-state index in [1.165, 1.54) is 133 Å². The molecule has 0 aliphatic heterocycles. The zero-order valence-electron chi connectivity index (χ0n) is 51.4. The van der Waals surface area contributed by atoms with E-state index in [-0.39, 0.29) is 21.7 Å². The number of rotatable bonds is 10. The normalized spacial score (nSPS) is 14.7. The molecule has 0 fully saturated rings. The minimum absolute atomic E-state index is 0.0674. The quantitative estimate of drug-likeness (QED) is 0.126. The lowest BCUT2D eigenvalue weighted by Gasteiger charge is -2.30. The molecule has 0 N–H and O–H groups in total. The maximum absolute atomic E-state index is 2.49. The molecule has 422 valence electrons. The van der Waals surface area contributed by atoms with Gasteiger partial charge in [-0.1, -0.05) is 275 Å². The van der Waals surface area contributed by atoms with Crippen molar-refractivity contribution < 1.29 is 0 Å². The van der Waals surface area contributed by atoms with Gasteiger partial charge in [-0.15, -0.1) is 0 Å². The fraction of sp³-hybridized carbons (Fsp3) is 0.153. The van der Waals surface area contributed by atoms with Crippen molar-refractivity contribution in [2.75, 3.05) is 9.80 Å². The Morgan fingerprint density at radius 2 is 0.598 bits per heavy atom. The van der Waals surface area contributed by atoms with Gasteiger partial charge in [0.15, 0.2) is 0 Å². The highest BCUT2D eigenvalue weighted by Gasteiger charge is 2.39. The molecular formula is C85H72N2. The number of nitrogens with zero attached hydrogens (tertiary/aromatic N) is 2. The van der Waals surface area contributed by atoms with Crippen LogP contribution in [0.3, 0.4) is 0 Å².